The van der Waals surface area contributed by atoms with E-state index in [-0.39, 0.29) is 5.56 Å². The van der Waals surface area contributed by atoms with Crippen LogP contribution >= 0.6 is 12.2 Å². The van der Waals surface area contributed by atoms with Gasteiger partial charge in [-0.3, -0.25) is 15.6 Å². The normalized spacial score (nSPS) is 10.2. The third-order valence-electron chi connectivity index (χ3n) is 3.09. The van der Waals surface area contributed by atoms with Gasteiger partial charge in [0.1, 0.15) is 0 Å². The number of hydrazine groups is 1. The Morgan fingerprint density at radius 3 is 2.55 bits per heavy atom. The van der Waals surface area contributed by atoms with Gasteiger partial charge in [0.05, 0.1) is 11.2 Å². The Morgan fingerprint density at radius 2 is 1.73 bits per heavy atom. The predicted octanol–water partition coefficient (Wildman–Crippen LogP) is 2.84. The first kappa shape index (κ1) is 14.1. The maximum atomic E-state index is 11.7. The zero-order valence-electron chi connectivity index (χ0n) is 11.6. The molecule has 0 aliphatic carbocycles. The highest BCUT2D eigenvalue weighted by molar-refractivity contribution is 7.80. The van der Waals surface area contributed by atoms with E-state index in [0.29, 0.717) is 10.8 Å². The van der Waals surface area contributed by atoms with Crippen molar-refractivity contribution in [3.63, 3.8) is 0 Å². The minimum Gasteiger partial charge on any atom is -0.331 e. The molecule has 0 bridgehead atoms. The molecule has 1 heterocycles. The molecule has 0 radical (unpaired) electrons. The topological polar surface area (TPSA) is 69.0 Å². The molecule has 110 valence electrons. The summed E-state index contributed by atoms with van der Waals surface area (Å²) < 4.78 is 0. The Morgan fingerprint density at radius 1 is 1.00 bits per heavy atom. The van der Waals surface area contributed by atoms with Crippen LogP contribution in [0.5, 0.6) is 0 Å². The number of benzene rings is 2. The zero-order valence-corrected chi connectivity index (χ0v) is 12.4. The van der Waals surface area contributed by atoms with Crippen LogP contribution in [-0.2, 0) is 0 Å². The molecule has 0 amide bonds. The molecule has 5 nitrogen and oxygen atoms in total. The lowest BCUT2D eigenvalue weighted by Gasteiger charge is -2.13. The maximum absolute atomic E-state index is 11.7. The van der Waals surface area contributed by atoms with Gasteiger partial charge in [-0.1, -0.05) is 36.4 Å². The quantitative estimate of drug-likeness (QED) is 0.442. The van der Waals surface area contributed by atoms with Gasteiger partial charge in [-0.15, -0.1) is 0 Å². The van der Waals surface area contributed by atoms with Gasteiger partial charge < -0.3 is 10.3 Å². The molecule has 0 saturated heterocycles. The number of thiocarbonyl (C=S) groups is 1. The van der Waals surface area contributed by atoms with Crippen LogP contribution in [-0.4, -0.2) is 10.1 Å². The molecule has 6 heteroatoms. The molecule has 3 rings (SSSR count). The molecule has 0 unspecified atom stereocenters. The van der Waals surface area contributed by atoms with Gasteiger partial charge in [0.25, 0.3) is 5.56 Å². The minimum absolute atomic E-state index is 0.176. The summed E-state index contributed by atoms with van der Waals surface area (Å²) in [6.07, 6.45) is 0. The number of para-hydroxylation sites is 2. The molecular formula is C16H14N4OS. The lowest BCUT2D eigenvalue weighted by atomic mass is 10.2. The number of fused-ring (bicyclic) bond motifs is 1. The van der Waals surface area contributed by atoms with Crippen molar-refractivity contribution in [1.29, 1.82) is 0 Å². The van der Waals surface area contributed by atoms with Crippen LogP contribution in [0.2, 0.25) is 0 Å². The lowest BCUT2D eigenvalue weighted by Crippen LogP contribution is -2.33. The fraction of sp³-hybridized carbons (Fsp3) is 0. The van der Waals surface area contributed by atoms with E-state index in [1.54, 1.807) is 0 Å². The highest BCUT2D eigenvalue weighted by atomic mass is 32.1. The highest BCUT2D eigenvalue weighted by Crippen LogP contribution is 2.18. The van der Waals surface area contributed by atoms with Crippen molar-refractivity contribution in [2.45, 2.75) is 0 Å². The minimum atomic E-state index is -0.176. The van der Waals surface area contributed by atoms with E-state index >= 15 is 0 Å². The maximum Gasteiger partial charge on any atom is 0.250 e. The average molecular weight is 310 g/mol. The molecule has 4 N–H and O–H groups in total. The SMILES string of the molecule is O=c1cc(NNC(=S)Nc2ccccc2)c2ccccc2[nH]1. The van der Waals surface area contributed by atoms with Crippen LogP contribution in [0.1, 0.15) is 0 Å². The van der Waals surface area contributed by atoms with Gasteiger partial charge in [0, 0.05) is 17.1 Å². The van der Waals surface area contributed by atoms with E-state index in [1.807, 2.05) is 54.6 Å². The fourth-order valence-electron chi connectivity index (χ4n) is 2.12. The first-order valence-electron chi connectivity index (χ1n) is 6.72. The summed E-state index contributed by atoms with van der Waals surface area (Å²) in [7, 11) is 0. The van der Waals surface area contributed by atoms with Crippen LogP contribution in [0, 0.1) is 0 Å². The number of nitrogens with one attached hydrogen (secondary N) is 4. The summed E-state index contributed by atoms with van der Waals surface area (Å²) in [5, 5.41) is 4.36. The summed E-state index contributed by atoms with van der Waals surface area (Å²) in [4.78, 5) is 14.5. The number of anilines is 2. The van der Waals surface area contributed by atoms with Crippen LogP contribution in [0.4, 0.5) is 11.4 Å². The van der Waals surface area contributed by atoms with Crippen molar-refractivity contribution in [1.82, 2.24) is 10.4 Å². The summed E-state index contributed by atoms with van der Waals surface area (Å²) in [5.74, 6) is 0. The molecule has 0 saturated carbocycles. The van der Waals surface area contributed by atoms with E-state index in [1.165, 1.54) is 6.07 Å². The second kappa shape index (κ2) is 6.28. The van der Waals surface area contributed by atoms with Crippen molar-refractivity contribution in [3.8, 4) is 0 Å². The second-order valence-electron chi connectivity index (χ2n) is 4.66. The van der Waals surface area contributed by atoms with Crippen molar-refractivity contribution < 1.29 is 0 Å². The van der Waals surface area contributed by atoms with Crippen LogP contribution in [0.15, 0.2) is 65.5 Å². The first-order chi connectivity index (χ1) is 10.7. The van der Waals surface area contributed by atoms with Crippen molar-refractivity contribution in [2.75, 3.05) is 10.7 Å². The summed E-state index contributed by atoms with van der Waals surface area (Å²) in [5.41, 5.74) is 8.00. The summed E-state index contributed by atoms with van der Waals surface area (Å²) >= 11 is 5.22. The molecule has 0 fully saturated rings. The van der Waals surface area contributed by atoms with Crippen molar-refractivity contribution >= 4 is 39.6 Å². The summed E-state index contributed by atoms with van der Waals surface area (Å²) in [6, 6.07) is 18.6. The standard InChI is InChI=1S/C16H14N4OS/c21-15-10-14(12-8-4-5-9-13(12)18-15)19-20-16(22)17-11-6-2-1-3-7-11/h1-10H,(H2,17,20,22)(H2,18,19,21). The summed E-state index contributed by atoms with van der Waals surface area (Å²) in [6.45, 7) is 0. The van der Waals surface area contributed by atoms with Gasteiger partial charge >= 0.3 is 0 Å². The van der Waals surface area contributed by atoms with E-state index in [0.717, 1.165) is 16.6 Å². The Balaban J connectivity index is 1.74. The van der Waals surface area contributed by atoms with Gasteiger partial charge in [-0.2, -0.15) is 0 Å². The molecule has 22 heavy (non-hydrogen) atoms. The molecule has 2 aromatic carbocycles. The van der Waals surface area contributed by atoms with Gasteiger partial charge in [0.2, 0.25) is 0 Å². The number of hydrogen-bond acceptors (Lipinski definition) is 3. The number of aromatic amines is 1. The number of aromatic nitrogens is 1. The third kappa shape index (κ3) is 3.24. The number of hydrogen-bond donors (Lipinski definition) is 4. The van der Waals surface area contributed by atoms with E-state index in [9.17, 15) is 4.79 Å². The van der Waals surface area contributed by atoms with Crippen molar-refractivity contribution in [3.05, 3.63) is 71.0 Å². The monoisotopic (exact) mass is 310 g/mol. The number of H-pyrrole nitrogens is 1. The van der Waals surface area contributed by atoms with E-state index in [2.05, 4.69) is 21.2 Å². The van der Waals surface area contributed by atoms with Crippen molar-refractivity contribution in [2.24, 2.45) is 0 Å². The number of pyridine rings is 1. The van der Waals surface area contributed by atoms with Gasteiger partial charge in [0.15, 0.2) is 5.11 Å². The van der Waals surface area contributed by atoms with E-state index < -0.39 is 0 Å². The lowest BCUT2D eigenvalue weighted by molar-refractivity contribution is 1.13. The zero-order chi connectivity index (χ0) is 15.4. The predicted molar refractivity (Wildman–Crippen MR) is 94.0 cm³/mol. The molecule has 3 aromatic rings. The average Bonchev–Trinajstić information content (AvgIpc) is 2.53. The Hall–Kier alpha value is -2.86. The Kier molecular flexibility index (Phi) is 4.02. The molecule has 0 aliphatic heterocycles. The molecule has 0 atom stereocenters. The van der Waals surface area contributed by atoms with Crippen LogP contribution < -0.4 is 21.7 Å². The molecule has 1 aromatic heterocycles. The highest BCUT2D eigenvalue weighted by Gasteiger charge is 2.03. The van der Waals surface area contributed by atoms with Crippen LogP contribution in [0.25, 0.3) is 10.9 Å². The molecule has 0 aliphatic rings. The third-order valence-corrected chi connectivity index (χ3v) is 3.30. The van der Waals surface area contributed by atoms with Gasteiger partial charge in [-0.05, 0) is 30.4 Å². The Labute approximate surface area is 132 Å². The smallest absolute Gasteiger partial charge is 0.250 e. The van der Waals surface area contributed by atoms with Gasteiger partial charge in [-0.25, -0.2) is 0 Å². The van der Waals surface area contributed by atoms with Crippen LogP contribution in [0.3, 0.4) is 0 Å². The Bertz CT molecular complexity index is 861. The largest absolute Gasteiger partial charge is 0.331 e. The second-order valence-corrected chi connectivity index (χ2v) is 5.07. The first-order valence-corrected chi connectivity index (χ1v) is 7.13. The number of rotatable bonds is 3. The molecule has 0 spiro atoms. The van der Waals surface area contributed by atoms with E-state index in [4.69, 9.17) is 12.2 Å². The molecular weight excluding hydrogens is 296 g/mol. The fourth-order valence-corrected chi connectivity index (χ4v) is 2.28.